The number of halogens is 1. The quantitative estimate of drug-likeness (QED) is 0.219. The van der Waals surface area contributed by atoms with E-state index in [1.165, 1.54) is 30.5 Å². The highest BCUT2D eigenvalue weighted by Gasteiger charge is 2.27. The Hall–Kier alpha value is -5.12. The summed E-state index contributed by atoms with van der Waals surface area (Å²) in [6, 6.07) is 14.3. The van der Waals surface area contributed by atoms with E-state index in [2.05, 4.69) is 15.1 Å². The van der Waals surface area contributed by atoms with Gasteiger partial charge in [0, 0.05) is 48.1 Å². The Morgan fingerprint density at radius 1 is 0.976 bits per heavy atom. The summed E-state index contributed by atoms with van der Waals surface area (Å²) in [7, 11) is 3.11. The number of nitrogens with zero attached hydrogens (tertiary/aromatic N) is 4. The van der Waals surface area contributed by atoms with Crippen molar-refractivity contribution in [3.8, 4) is 34.4 Å². The lowest BCUT2D eigenvalue weighted by Crippen LogP contribution is -2.23. The fourth-order valence-electron chi connectivity index (χ4n) is 4.54. The van der Waals surface area contributed by atoms with Crippen LogP contribution in [0.1, 0.15) is 34.8 Å². The SMILES string of the molecule is COc1cc2nccc(Oc3ccc(CC(=O)c4cn(C5CC5)nc(-c5ccc(F)cc5)c4=O)cn3)c2cc1OC. The highest BCUT2D eigenvalue weighted by atomic mass is 19.1. The Kier molecular flexibility index (Phi) is 6.88. The lowest BCUT2D eigenvalue weighted by atomic mass is 10.0. The molecule has 41 heavy (non-hydrogen) atoms. The van der Waals surface area contributed by atoms with Crippen LogP contribution in [-0.4, -0.2) is 39.8 Å². The molecule has 0 N–H and O–H groups in total. The average Bonchev–Trinajstić information content (AvgIpc) is 3.84. The van der Waals surface area contributed by atoms with Crippen LogP contribution in [-0.2, 0) is 6.42 Å². The third kappa shape index (κ3) is 5.36. The smallest absolute Gasteiger partial charge is 0.219 e. The zero-order valence-corrected chi connectivity index (χ0v) is 22.3. The van der Waals surface area contributed by atoms with Crippen molar-refractivity contribution in [1.29, 1.82) is 0 Å². The molecule has 0 unspecified atom stereocenters. The van der Waals surface area contributed by atoms with Gasteiger partial charge >= 0.3 is 0 Å². The number of Topliss-reactive ketones (excluding diaryl/α,β-unsaturated/α-hetero) is 1. The van der Waals surface area contributed by atoms with Crippen molar-refractivity contribution in [3.05, 3.63) is 100 Å². The van der Waals surface area contributed by atoms with Crippen LogP contribution in [0.25, 0.3) is 22.2 Å². The molecule has 1 saturated carbocycles. The van der Waals surface area contributed by atoms with Crippen LogP contribution < -0.4 is 19.6 Å². The second-order valence-electron chi connectivity index (χ2n) is 9.68. The van der Waals surface area contributed by atoms with Gasteiger partial charge < -0.3 is 14.2 Å². The molecule has 0 aliphatic heterocycles. The van der Waals surface area contributed by atoms with Crippen molar-refractivity contribution < 1.29 is 23.4 Å². The topological polar surface area (TPSA) is 105 Å². The van der Waals surface area contributed by atoms with Crippen LogP contribution >= 0.6 is 0 Å². The summed E-state index contributed by atoms with van der Waals surface area (Å²) in [5.74, 6) is 1.17. The van der Waals surface area contributed by atoms with Crippen molar-refractivity contribution in [2.75, 3.05) is 14.2 Å². The summed E-state index contributed by atoms with van der Waals surface area (Å²) < 4.78 is 31.9. The van der Waals surface area contributed by atoms with Crippen LogP contribution in [0.5, 0.6) is 23.1 Å². The lowest BCUT2D eigenvalue weighted by molar-refractivity contribution is 0.0990. The Morgan fingerprint density at radius 2 is 1.73 bits per heavy atom. The minimum absolute atomic E-state index is 0.0325. The molecular formula is C31H25FN4O5. The van der Waals surface area contributed by atoms with Crippen LogP contribution in [0.3, 0.4) is 0 Å². The van der Waals surface area contributed by atoms with Gasteiger partial charge in [-0.15, -0.1) is 0 Å². The standard InChI is InChI=1S/C31H25FN4O5/c1-39-27-14-22-24(15-28(27)40-2)33-12-11-26(22)41-29-10-3-18(16-34-29)13-25(37)23-17-36(21-8-9-21)35-30(31(23)38)19-4-6-20(32)7-5-19/h3-7,10-12,14-17,21H,8-9,13H2,1-2H3. The second kappa shape index (κ2) is 10.8. The molecule has 5 aromatic rings. The molecule has 10 heteroatoms. The Balaban J connectivity index is 1.24. The minimum atomic E-state index is -0.483. The van der Waals surface area contributed by atoms with E-state index in [0.29, 0.717) is 45.2 Å². The van der Waals surface area contributed by atoms with E-state index in [0.717, 1.165) is 12.8 Å². The lowest BCUT2D eigenvalue weighted by Gasteiger charge is -2.12. The number of fused-ring (bicyclic) bond motifs is 1. The van der Waals surface area contributed by atoms with Crippen molar-refractivity contribution >= 4 is 16.7 Å². The number of rotatable bonds is 9. The summed E-state index contributed by atoms with van der Waals surface area (Å²) in [6.07, 6.45) is 6.50. The summed E-state index contributed by atoms with van der Waals surface area (Å²) in [5.41, 5.74) is 1.43. The predicted molar refractivity (Wildman–Crippen MR) is 149 cm³/mol. The molecule has 0 radical (unpaired) electrons. The van der Waals surface area contributed by atoms with E-state index in [9.17, 15) is 14.0 Å². The van der Waals surface area contributed by atoms with Gasteiger partial charge in [0.15, 0.2) is 17.3 Å². The van der Waals surface area contributed by atoms with Gasteiger partial charge in [0.05, 0.1) is 31.3 Å². The Labute approximate surface area is 234 Å². The van der Waals surface area contributed by atoms with Crippen LogP contribution in [0.15, 0.2) is 78.0 Å². The number of carbonyl (C=O) groups is 1. The fraction of sp³-hybridized carbons (Fsp3) is 0.194. The maximum absolute atomic E-state index is 13.5. The average molecular weight is 553 g/mol. The molecule has 3 heterocycles. The molecule has 0 saturated heterocycles. The monoisotopic (exact) mass is 552 g/mol. The van der Waals surface area contributed by atoms with Gasteiger partial charge in [0.25, 0.3) is 0 Å². The highest BCUT2D eigenvalue weighted by molar-refractivity contribution is 5.98. The summed E-state index contributed by atoms with van der Waals surface area (Å²) in [6.45, 7) is 0. The second-order valence-corrected chi connectivity index (χ2v) is 9.68. The molecular weight excluding hydrogens is 527 g/mol. The molecule has 1 fully saturated rings. The van der Waals surface area contributed by atoms with Crippen molar-refractivity contribution in [1.82, 2.24) is 19.7 Å². The molecule has 9 nitrogen and oxygen atoms in total. The number of methoxy groups -OCH3 is 2. The van der Waals surface area contributed by atoms with E-state index >= 15 is 0 Å². The molecule has 0 atom stereocenters. The molecule has 0 spiro atoms. The number of benzene rings is 2. The van der Waals surface area contributed by atoms with Gasteiger partial charge in [-0.25, -0.2) is 9.37 Å². The Bertz CT molecular complexity index is 1820. The highest BCUT2D eigenvalue weighted by Crippen LogP contribution is 2.37. The molecule has 0 amide bonds. The number of hydrogen-bond acceptors (Lipinski definition) is 8. The van der Waals surface area contributed by atoms with E-state index in [1.54, 1.807) is 61.6 Å². The van der Waals surface area contributed by atoms with Gasteiger partial charge in [-0.1, -0.05) is 6.07 Å². The molecule has 1 aliphatic carbocycles. The molecule has 1 aliphatic rings. The molecule has 0 bridgehead atoms. The first-order valence-electron chi connectivity index (χ1n) is 13.0. The molecule has 2 aromatic carbocycles. The first-order chi connectivity index (χ1) is 19.9. The number of ether oxygens (including phenoxy) is 3. The van der Waals surface area contributed by atoms with E-state index in [1.807, 2.05) is 0 Å². The Morgan fingerprint density at radius 3 is 2.41 bits per heavy atom. The van der Waals surface area contributed by atoms with Crippen LogP contribution in [0.4, 0.5) is 4.39 Å². The first-order valence-corrected chi connectivity index (χ1v) is 13.0. The van der Waals surface area contributed by atoms with Crippen LogP contribution in [0, 0.1) is 5.82 Å². The molecule has 3 aromatic heterocycles. The summed E-state index contributed by atoms with van der Waals surface area (Å²) in [5, 5.41) is 5.17. The van der Waals surface area contributed by atoms with Crippen LogP contribution in [0.2, 0.25) is 0 Å². The number of carbonyl (C=O) groups excluding carboxylic acids is 1. The molecule has 6 rings (SSSR count). The third-order valence-electron chi connectivity index (χ3n) is 6.86. The maximum Gasteiger partial charge on any atom is 0.219 e. The number of ketones is 1. The van der Waals surface area contributed by atoms with Gasteiger partial charge in [-0.2, -0.15) is 5.10 Å². The third-order valence-corrected chi connectivity index (χ3v) is 6.86. The fourth-order valence-corrected chi connectivity index (χ4v) is 4.54. The van der Waals surface area contributed by atoms with Gasteiger partial charge in [-0.05, 0) is 54.8 Å². The minimum Gasteiger partial charge on any atom is -0.493 e. The normalized spacial score (nSPS) is 12.8. The largest absolute Gasteiger partial charge is 0.493 e. The number of hydrogen-bond donors (Lipinski definition) is 0. The number of aromatic nitrogens is 4. The van der Waals surface area contributed by atoms with Gasteiger partial charge in [0.2, 0.25) is 11.3 Å². The van der Waals surface area contributed by atoms with Crippen molar-refractivity contribution in [2.24, 2.45) is 0 Å². The van der Waals surface area contributed by atoms with Gasteiger partial charge in [0.1, 0.15) is 17.3 Å². The first kappa shape index (κ1) is 26.1. The summed E-state index contributed by atoms with van der Waals surface area (Å²) >= 11 is 0. The van der Waals surface area contributed by atoms with Crippen molar-refractivity contribution in [2.45, 2.75) is 25.3 Å². The van der Waals surface area contributed by atoms with Crippen molar-refractivity contribution in [3.63, 3.8) is 0 Å². The zero-order valence-electron chi connectivity index (χ0n) is 22.3. The van der Waals surface area contributed by atoms with E-state index < -0.39 is 11.2 Å². The molecule has 206 valence electrons. The van der Waals surface area contributed by atoms with E-state index in [-0.39, 0.29) is 29.5 Å². The van der Waals surface area contributed by atoms with Gasteiger partial charge in [-0.3, -0.25) is 19.3 Å². The maximum atomic E-state index is 13.5. The van der Waals surface area contributed by atoms with E-state index in [4.69, 9.17) is 14.2 Å². The number of pyridine rings is 2. The summed E-state index contributed by atoms with van der Waals surface area (Å²) in [4.78, 5) is 35.3. The zero-order chi connectivity index (χ0) is 28.5. The predicted octanol–water partition coefficient (Wildman–Crippen LogP) is 5.56.